The van der Waals surface area contributed by atoms with Crippen molar-refractivity contribution in [3.8, 4) is 0 Å². The van der Waals surface area contributed by atoms with Crippen molar-refractivity contribution < 1.29 is 159 Å². The summed E-state index contributed by atoms with van der Waals surface area (Å²) in [5.41, 5.74) is -6.81. The number of carbonyl (C=O) groups is 7. The molecule has 0 aromatic heterocycles. The maximum absolute atomic E-state index is 13.9. The predicted molar refractivity (Wildman–Crippen MR) is 437 cm³/mol. The van der Waals surface area contributed by atoms with Crippen LogP contribution in [0, 0.1) is 73.9 Å². The highest BCUT2D eigenvalue weighted by Gasteiger charge is 2.46. The van der Waals surface area contributed by atoms with Crippen LogP contribution >= 0.6 is 0 Å². The summed E-state index contributed by atoms with van der Waals surface area (Å²) in [4.78, 5) is 169. The molecule has 0 spiro atoms. The maximum atomic E-state index is 13.9. The molecule has 0 fully saturated rings. The lowest BCUT2D eigenvalue weighted by molar-refractivity contribution is -0.283. The molecule has 33 nitrogen and oxygen atoms in total. The fourth-order valence-corrected chi connectivity index (χ4v) is 14.7. The van der Waals surface area contributed by atoms with E-state index in [2.05, 4.69) is 0 Å². The average Bonchev–Trinajstić information content (AvgIpc) is 0.825. The van der Waals surface area contributed by atoms with E-state index in [0.29, 0.717) is 57.8 Å². The van der Waals surface area contributed by atoms with Crippen LogP contribution < -0.4 is 0 Å². The smallest absolute Gasteiger partial charge is 0.305 e. The second-order valence-corrected chi connectivity index (χ2v) is 33.7. The summed E-state index contributed by atoms with van der Waals surface area (Å²) >= 11 is 0. The van der Waals surface area contributed by atoms with Crippen molar-refractivity contribution in [2.24, 2.45) is 73.9 Å². The molecule has 0 N–H and O–H groups in total. The summed E-state index contributed by atoms with van der Waals surface area (Å²) in [7, 11) is 9.89. The Morgan fingerprint density at radius 1 is 0.193 bits per heavy atom. The molecule has 0 aliphatic heterocycles. The van der Waals surface area contributed by atoms with Crippen molar-refractivity contribution in [1.82, 2.24) is 0 Å². The topological polar surface area (TPSA) is 359 Å². The van der Waals surface area contributed by atoms with Gasteiger partial charge in [0.25, 0.3) is 0 Å². The van der Waals surface area contributed by atoms with Gasteiger partial charge in [-0.15, -0.1) is 0 Å². The van der Waals surface area contributed by atoms with Crippen LogP contribution in [0.25, 0.3) is 0 Å². The van der Waals surface area contributed by atoms with Gasteiger partial charge < -0.3 is 56.8 Å². The van der Waals surface area contributed by atoms with Crippen molar-refractivity contribution >= 4 is 41.8 Å². The number of esters is 7. The Hall–Kier alpha value is -4.47. The fraction of sp³-hybridized carbons (Fsp3) is 0.919. The van der Waals surface area contributed by atoms with Gasteiger partial charge in [0, 0.05) is 50.4 Å². The van der Waals surface area contributed by atoms with E-state index in [4.69, 9.17) is 125 Å². The van der Waals surface area contributed by atoms with Crippen LogP contribution in [0.4, 0.5) is 0 Å². The molecule has 0 aromatic rings. The lowest BCUT2D eigenvalue weighted by atomic mass is 9.74. The van der Waals surface area contributed by atoms with Crippen LogP contribution in [-0.2, 0) is 159 Å². The van der Waals surface area contributed by atoms with E-state index in [0.717, 1.165) is 0 Å². The van der Waals surface area contributed by atoms with Crippen LogP contribution in [-0.4, -0.2) is 250 Å². The minimum absolute atomic E-state index is 0.0149. The summed E-state index contributed by atoms with van der Waals surface area (Å²) in [5, 5.41) is 0. The Morgan fingerprint density at radius 2 is 0.311 bits per heavy atom. The Kier molecular flexibility index (Phi) is 66.2. The van der Waals surface area contributed by atoms with Gasteiger partial charge in [-0.05, 0) is 131 Å². The van der Waals surface area contributed by atoms with Crippen LogP contribution in [0.2, 0.25) is 0 Å². The molecule has 0 aliphatic rings. The second-order valence-electron chi connectivity index (χ2n) is 33.7. The van der Waals surface area contributed by atoms with E-state index in [1.807, 2.05) is 96.9 Å². The van der Waals surface area contributed by atoms with Gasteiger partial charge in [0.2, 0.25) is 0 Å². The SMILES string of the molecule is CCCC(=O)OCC(COCC(COCC(COCC(COC(=O)CCC)(CC(C)COOC)CC(C)COOC)(COC(=O)CCC)CC(C)COOC)(COC(=O)CCC)CC(C)COOC)(COCC(COCC(COC(=O)CCC)(COC(=O)CCC)CC(C)COOC)(COC(=O)CCC)CC(C)COOC)CC(C)COOC. The monoisotopic (exact) mass is 1720 g/mol. The number of hydrogen-bond acceptors (Lipinski definition) is 33. The third kappa shape index (κ3) is 54.1. The Balaban J connectivity index is 9.13. The number of rotatable bonds is 83. The Bertz CT molecular complexity index is 2550. The zero-order valence-corrected chi connectivity index (χ0v) is 76.8. The first-order valence-electron chi connectivity index (χ1n) is 43.0. The highest BCUT2D eigenvalue weighted by molar-refractivity contribution is 5.71. The first-order chi connectivity index (χ1) is 56.9. The van der Waals surface area contributed by atoms with Crippen molar-refractivity contribution in [3.05, 3.63) is 0 Å². The molecule has 119 heavy (non-hydrogen) atoms. The van der Waals surface area contributed by atoms with Crippen LogP contribution in [0.5, 0.6) is 0 Å². The molecule has 0 aromatic carbocycles. The van der Waals surface area contributed by atoms with Gasteiger partial charge in [0.1, 0.15) is 39.6 Å². The summed E-state index contributed by atoms with van der Waals surface area (Å²) in [6.45, 7) is 25.3. The number of carbonyl (C=O) groups excluding carboxylic acids is 7. The van der Waals surface area contributed by atoms with Gasteiger partial charge >= 0.3 is 41.8 Å². The Labute approximate surface area is 711 Å². The first kappa shape index (κ1) is 115. The van der Waals surface area contributed by atoms with Gasteiger partial charge in [-0.1, -0.05) is 96.9 Å². The molecule has 0 saturated carbocycles. The molecule has 0 rings (SSSR count). The molecule has 0 bridgehead atoms. The highest BCUT2D eigenvalue weighted by atomic mass is 17.2. The lowest BCUT2D eigenvalue weighted by Crippen LogP contribution is -2.47. The second kappa shape index (κ2) is 68.8. The number of ether oxygens (including phenoxy) is 12. The zero-order valence-electron chi connectivity index (χ0n) is 76.8. The van der Waals surface area contributed by atoms with E-state index in [1.54, 1.807) is 0 Å². The van der Waals surface area contributed by atoms with Gasteiger partial charge in [-0.25, -0.2) is 68.4 Å². The minimum Gasteiger partial charge on any atom is -0.465 e. The maximum Gasteiger partial charge on any atom is 0.305 e. The van der Waals surface area contributed by atoms with Gasteiger partial charge in [-0.2, -0.15) is 0 Å². The van der Waals surface area contributed by atoms with Crippen LogP contribution in [0.3, 0.4) is 0 Å². The van der Waals surface area contributed by atoms with Crippen molar-refractivity contribution in [2.75, 3.05) is 208 Å². The highest BCUT2D eigenvalue weighted by Crippen LogP contribution is 2.41. The summed E-state index contributed by atoms with van der Waals surface area (Å²) in [5.74, 6) is -4.88. The molecule has 11 unspecified atom stereocenters. The molecular weight excluding hydrogens is 1560 g/mol. The van der Waals surface area contributed by atoms with Crippen molar-refractivity contribution in [2.45, 2.75) is 232 Å². The third-order valence-electron chi connectivity index (χ3n) is 19.8. The molecule has 0 heterocycles. The van der Waals surface area contributed by atoms with Gasteiger partial charge in [-0.3, -0.25) is 33.6 Å². The van der Waals surface area contributed by atoms with Crippen molar-refractivity contribution in [1.29, 1.82) is 0 Å². The average molecular weight is 1720 g/mol. The van der Waals surface area contributed by atoms with Crippen molar-refractivity contribution in [3.63, 3.8) is 0 Å². The number of hydrogen-bond donors (Lipinski definition) is 0. The molecule has 0 aliphatic carbocycles. The van der Waals surface area contributed by atoms with E-state index in [-0.39, 0.29) is 283 Å². The lowest BCUT2D eigenvalue weighted by Gasteiger charge is -2.41. The van der Waals surface area contributed by atoms with E-state index >= 15 is 0 Å². The summed E-state index contributed by atoms with van der Waals surface area (Å²) in [6.07, 6.45) is 6.70. The van der Waals surface area contributed by atoms with E-state index in [1.165, 1.54) is 49.8 Å². The van der Waals surface area contributed by atoms with E-state index in [9.17, 15) is 33.6 Å². The van der Waals surface area contributed by atoms with Crippen LogP contribution in [0.1, 0.15) is 232 Å². The molecule has 0 radical (unpaired) electrons. The molecule has 0 saturated heterocycles. The predicted octanol–water partition coefficient (Wildman–Crippen LogP) is 13.6. The molecule has 702 valence electrons. The third-order valence-corrected chi connectivity index (χ3v) is 19.8. The van der Waals surface area contributed by atoms with Gasteiger partial charge in [0.05, 0.1) is 196 Å². The van der Waals surface area contributed by atoms with Crippen LogP contribution in [0.15, 0.2) is 0 Å². The Morgan fingerprint density at radius 3 is 0.445 bits per heavy atom. The normalized spacial score (nSPS) is 16.2. The van der Waals surface area contributed by atoms with E-state index < -0.39 is 68.3 Å². The molecular formula is C86H160O33. The first-order valence-corrected chi connectivity index (χ1v) is 43.0. The minimum atomic E-state index is -1.24. The summed E-state index contributed by atoms with van der Waals surface area (Å²) < 4.78 is 78.5. The summed E-state index contributed by atoms with van der Waals surface area (Å²) in [6, 6.07) is 0. The quantitative estimate of drug-likeness (QED) is 0.0236. The fourth-order valence-electron chi connectivity index (χ4n) is 14.7. The zero-order chi connectivity index (χ0) is 89.3. The molecule has 0 amide bonds. The standard InChI is InChI=1S/C86H160O33/c1-22-29-74(87)106-60-81(36-67(8)43-113-94-15,37-68(9)44-114-95-16)50-101-51-82(38-69(10)45-115-96-17,61-107-75(88)30-23-2)52-102-53-83(39-70(11)46-116-97-18,62-108-76(89)31-24-3)54-103-55-84(40-71(12)47-117-98-19,63-109-77(90)32-25-4)56-104-57-85(41-72(13)48-118-99-20,64-110-78(91)33-26-5)58-105-59-86(42-73(14)49-119-100-21,65-111-79(92)34-27-6)66-112-80(93)35-28-7/h67-73H,22-66H2,1-21H3. The molecule has 33 heteroatoms. The van der Waals surface area contributed by atoms with Gasteiger partial charge in [0.15, 0.2) is 0 Å². The largest absolute Gasteiger partial charge is 0.465 e. The molecule has 11 atom stereocenters.